The first-order valence-electron chi connectivity index (χ1n) is 7.51. The molecule has 116 valence electrons. The Morgan fingerprint density at radius 2 is 1.86 bits per heavy atom. The molecule has 1 aromatic carbocycles. The van der Waals surface area contributed by atoms with Crippen LogP contribution >= 0.6 is 28.3 Å². The van der Waals surface area contributed by atoms with Crippen LogP contribution in [0.25, 0.3) is 0 Å². The minimum atomic E-state index is 0. The van der Waals surface area contributed by atoms with Crippen LogP contribution in [0, 0.1) is 5.92 Å². The maximum Gasteiger partial charge on any atom is 0.254 e. The van der Waals surface area contributed by atoms with E-state index in [-0.39, 0.29) is 18.3 Å². The van der Waals surface area contributed by atoms with Gasteiger partial charge in [0.25, 0.3) is 5.91 Å². The molecule has 1 saturated carbocycles. The van der Waals surface area contributed by atoms with Crippen molar-refractivity contribution in [1.29, 1.82) is 0 Å². The zero-order chi connectivity index (χ0) is 13.9. The number of hydrogen-bond acceptors (Lipinski definition) is 2. The number of halogens is 2. The van der Waals surface area contributed by atoms with Crippen molar-refractivity contribution in [1.82, 2.24) is 10.2 Å². The van der Waals surface area contributed by atoms with E-state index in [2.05, 4.69) is 21.2 Å². The third-order valence-corrected chi connectivity index (χ3v) is 4.97. The van der Waals surface area contributed by atoms with Crippen LogP contribution in [-0.2, 0) is 0 Å². The summed E-state index contributed by atoms with van der Waals surface area (Å²) >= 11 is 3.46. The molecule has 0 radical (unpaired) electrons. The van der Waals surface area contributed by atoms with Gasteiger partial charge in [0.15, 0.2) is 0 Å². The van der Waals surface area contributed by atoms with Gasteiger partial charge in [0.2, 0.25) is 0 Å². The van der Waals surface area contributed by atoms with E-state index in [9.17, 15) is 4.79 Å². The normalized spacial score (nSPS) is 19.2. The molecule has 1 aliphatic heterocycles. The van der Waals surface area contributed by atoms with Gasteiger partial charge in [-0.2, -0.15) is 0 Å². The topological polar surface area (TPSA) is 32.3 Å². The quantitative estimate of drug-likeness (QED) is 0.876. The minimum Gasteiger partial charge on any atom is -0.338 e. The molecule has 1 aromatic rings. The Hall–Kier alpha value is -0.580. The molecule has 0 aromatic heterocycles. The van der Waals surface area contributed by atoms with E-state index in [1.54, 1.807) is 0 Å². The standard InChI is InChI=1S/C16H21BrN2O.ClH/c17-15-4-2-1-3-14(15)16(20)19-9-7-13(8-10-19)18-11-12-5-6-12;/h1-4,12-13,18H,5-11H2;1H. The zero-order valence-electron chi connectivity index (χ0n) is 12.1. The molecule has 0 spiro atoms. The molecular weight excluding hydrogens is 352 g/mol. The Morgan fingerprint density at radius 1 is 1.19 bits per heavy atom. The molecule has 2 fully saturated rings. The van der Waals surface area contributed by atoms with Crippen molar-refractivity contribution < 1.29 is 4.79 Å². The average Bonchev–Trinajstić information content (AvgIpc) is 3.30. The van der Waals surface area contributed by atoms with E-state index in [1.807, 2.05) is 29.2 Å². The molecule has 1 amide bonds. The lowest BCUT2D eigenvalue weighted by molar-refractivity contribution is 0.0704. The number of nitrogens with zero attached hydrogens (tertiary/aromatic N) is 1. The highest BCUT2D eigenvalue weighted by Gasteiger charge is 2.26. The molecule has 3 rings (SSSR count). The monoisotopic (exact) mass is 372 g/mol. The molecule has 0 atom stereocenters. The van der Waals surface area contributed by atoms with Crippen molar-refractivity contribution in [2.45, 2.75) is 31.7 Å². The fourth-order valence-electron chi connectivity index (χ4n) is 2.75. The number of hydrogen-bond donors (Lipinski definition) is 1. The van der Waals surface area contributed by atoms with Crippen molar-refractivity contribution in [2.24, 2.45) is 5.92 Å². The summed E-state index contributed by atoms with van der Waals surface area (Å²) in [5.74, 6) is 1.08. The second kappa shape index (κ2) is 7.61. The Morgan fingerprint density at radius 3 is 2.48 bits per heavy atom. The fraction of sp³-hybridized carbons (Fsp3) is 0.562. The van der Waals surface area contributed by atoms with Gasteiger partial charge >= 0.3 is 0 Å². The van der Waals surface area contributed by atoms with E-state index in [0.717, 1.165) is 41.9 Å². The summed E-state index contributed by atoms with van der Waals surface area (Å²) in [7, 11) is 0. The third-order valence-electron chi connectivity index (χ3n) is 4.28. The Bertz CT molecular complexity index is 485. The van der Waals surface area contributed by atoms with Crippen LogP contribution < -0.4 is 5.32 Å². The number of rotatable bonds is 4. The SMILES string of the molecule is Cl.O=C(c1ccccc1Br)N1CCC(NCC2CC2)CC1. The summed E-state index contributed by atoms with van der Waals surface area (Å²) in [5.41, 5.74) is 0.775. The lowest BCUT2D eigenvalue weighted by Crippen LogP contribution is -2.45. The van der Waals surface area contributed by atoms with Gasteiger partial charge in [0.05, 0.1) is 5.56 Å². The average molecular weight is 374 g/mol. The van der Waals surface area contributed by atoms with Gasteiger partial charge in [0, 0.05) is 23.6 Å². The van der Waals surface area contributed by atoms with E-state index >= 15 is 0 Å². The van der Waals surface area contributed by atoms with Crippen LogP contribution in [0.4, 0.5) is 0 Å². The van der Waals surface area contributed by atoms with Crippen molar-refractivity contribution >= 4 is 34.2 Å². The van der Waals surface area contributed by atoms with Crippen molar-refractivity contribution in [3.8, 4) is 0 Å². The maximum absolute atomic E-state index is 12.5. The first-order chi connectivity index (χ1) is 9.74. The number of carbonyl (C=O) groups excluding carboxylic acids is 1. The third kappa shape index (κ3) is 4.44. The molecule has 1 saturated heterocycles. The molecule has 1 heterocycles. The van der Waals surface area contributed by atoms with Crippen LogP contribution in [-0.4, -0.2) is 36.5 Å². The molecule has 0 bridgehead atoms. The highest BCUT2D eigenvalue weighted by atomic mass is 79.9. The van der Waals surface area contributed by atoms with Gasteiger partial charge in [-0.3, -0.25) is 4.79 Å². The van der Waals surface area contributed by atoms with Crippen LogP contribution in [0.5, 0.6) is 0 Å². The second-order valence-corrected chi connectivity index (χ2v) is 6.75. The number of benzene rings is 1. The van der Waals surface area contributed by atoms with Gasteiger partial charge in [-0.05, 0) is 66.2 Å². The second-order valence-electron chi connectivity index (χ2n) is 5.90. The summed E-state index contributed by atoms with van der Waals surface area (Å²) in [6, 6.07) is 8.27. The van der Waals surface area contributed by atoms with E-state index < -0.39 is 0 Å². The lowest BCUT2D eigenvalue weighted by atomic mass is 10.0. The summed E-state index contributed by atoms with van der Waals surface area (Å²) < 4.78 is 0.888. The largest absolute Gasteiger partial charge is 0.338 e. The lowest BCUT2D eigenvalue weighted by Gasteiger charge is -2.32. The predicted molar refractivity (Wildman–Crippen MR) is 91.0 cm³/mol. The van der Waals surface area contributed by atoms with Gasteiger partial charge < -0.3 is 10.2 Å². The van der Waals surface area contributed by atoms with Crippen LogP contribution in [0.2, 0.25) is 0 Å². The molecular formula is C16H22BrClN2O. The van der Waals surface area contributed by atoms with Crippen molar-refractivity contribution in [3.63, 3.8) is 0 Å². The van der Waals surface area contributed by atoms with Crippen LogP contribution in [0.1, 0.15) is 36.0 Å². The Kier molecular flexibility index (Phi) is 6.08. The molecule has 1 aliphatic carbocycles. The highest BCUT2D eigenvalue weighted by Crippen LogP contribution is 2.28. The number of carbonyl (C=O) groups is 1. The predicted octanol–water partition coefficient (Wildman–Crippen LogP) is 3.48. The van der Waals surface area contributed by atoms with Gasteiger partial charge in [0.1, 0.15) is 0 Å². The first-order valence-corrected chi connectivity index (χ1v) is 8.30. The minimum absolute atomic E-state index is 0. The Balaban J connectivity index is 0.00000161. The van der Waals surface area contributed by atoms with Crippen LogP contribution in [0.3, 0.4) is 0 Å². The van der Waals surface area contributed by atoms with Gasteiger partial charge in [-0.25, -0.2) is 0 Å². The van der Waals surface area contributed by atoms with E-state index in [0.29, 0.717) is 6.04 Å². The molecule has 5 heteroatoms. The van der Waals surface area contributed by atoms with Gasteiger partial charge in [-0.1, -0.05) is 12.1 Å². The van der Waals surface area contributed by atoms with E-state index in [1.165, 1.54) is 19.4 Å². The van der Waals surface area contributed by atoms with E-state index in [4.69, 9.17) is 0 Å². The first kappa shape index (κ1) is 16.8. The van der Waals surface area contributed by atoms with Crippen molar-refractivity contribution in [3.05, 3.63) is 34.3 Å². The molecule has 2 aliphatic rings. The Labute approximate surface area is 141 Å². The highest BCUT2D eigenvalue weighted by molar-refractivity contribution is 9.10. The number of amides is 1. The van der Waals surface area contributed by atoms with Crippen molar-refractivity contribution in [2.75, 3.05) is 19.6 Å². The number of piperidine rings is 1. The molecule has 1 N–H and O–H groups in total. The molecule has 3 nitrogen and oxygen atoms in total. The number of nitrogens with one attached hydrogen (secondary N) is 1. The molecule has 21 heavy (non-hydrogen) atoms. The van der Waals surface area contributed by atoms with Crippen LogP contribution in [0.15, 0.2) is 28.7 Å². The summed E-state index contributed by atoms with van der Waals surface area (Å²) in [6.07, 6.45) is 4.94. The number of likely N-dealkylation sites (tertiary alicyclic amines) is 1. The zero-order valence-corrected chi connectivity index (χ0v) is 14.5. The summed E-state index contributed by atoms with van der Waals surface area (Å²) in [4.78, 5) is 14.5. The summed E-state index contributed by atoms with van der Waals surface area (Å²) in [5, 5.41) is 3.65. The van der Waals surface area contributed by atoms with Gasteiger partial charge in [-0.15, -0.1) is 12.4 Å². The molecule has 0 unspecified atom stereocenters. The maximum atomic E-state index is 12.5. The fourth-order valence-corrected chi connectivity index (χ4v) is 3.20. The smallest absolute Gasteiger partial charge is 0.254 e. The summed E-state index contributed by atoms with van der Waals surface area (Å²) in [6.45, 7) is 2.90.